The Hall–Kier alpha value is -3.96. The molecule has 9 rings (SSSR count). The first kappa shape index (κ1) is 22.8. The Kier molecular flexibility index (Phi) is 5.00. The lowest BCUT2D eigenvalue weighted by atomic mass is 10.0. The number of benzene rings is 5. The highest BCUT2D eigenvalue weighted by Gasteiger charge is 2.25. The van der Waals surface area contributed by atoms with E-state index in [1.165, 1.54) is 77.3 Å². The molecule has 190 valence electrons. The maximum atomic E-state index is 2.62. The molecule has 1 aliphatic carbocycles. The van der Waals surface area contributed by atoms with E-state index in [4.69, 9.17) is 0 Å². The molecule has 8 aromatic rings. The Balaban J connectivity index is 1.44. The van der Waals surface area contributed by atoms with Crippen LogP contribution in [0.4, 0.5) is 11.4 Å². The third kappa shape index (κ3) is 3.24. The van der Waals surface area contributed by atoms with E-state index >= 15 is 0 Å². The molecule has 0 atom stereocenters. The fourth-order valence-corrected chi connectivity index (χ4v) is 10.1. The number of nitrogens with zero attached hydrogens (tertiary/aromatic N) is 1. The van der Waals surface area contributed by atoms with Crippen molar-refractivity contribution in [2.24, 2.45) is 0 Å². The number of anilines is 2. The van der Waals surface area contributed by atoms with Crippen LogP contribution in [0.25, 0.3) is 62.2 Å². The van der Waals surface area contributed by atoms with Crippen LogP contribution in [0.5, 0.6) is 0 Å². The molecule has 0 aliphatic heterocycles. The van der Waals surface area contributed by atoms with E-state index in [0.29, 0.717) is 0 Å². The molecule has 0 unspecified atom stereocenters. The smallest absolute Gasteiger partial charge is 0.0638 e. The van der Waals surface area contributed by atoms with Gasteiger partial charge in [0.15, 0.2) is 0 Å². The molecule has 0 saturated carbocycles. The summed E-state index contributed by atoms with van der Waals surface area (Å²) in [4.78, 5) is 2.62. The van der Waals surface area contributed by atoms with Gasteiger partial charge >= 0.3 is 0 Å². The average molecular weight is 566 g/mol. The van der Waals surface area contributed by atoms with Crippen LogP contribution in [0.1, 0.15) is 12.8 Å². The van der Waals surface area contributed by atoms with E-state index in [0.717, 1.165) is 12.8 Å². The normalized spacial score (nSPS) is 13.4. The molecular weight excluding hydrogens is 543 g/mol. The van der Waals surface area contributed by atoms with Crippen molar-refractivity contribution in [1.29, 1.82) is 0 Å². The summed E-state index contributed by atoms with van der Waals surface area (Å²) in [6.07, 6.45) is 4.52. The van der Waals surface area contributed by atoms with Crippen molar-refractivity contribution in [1.82, 2.24) is 0 Å². The van der Waals surface area contributed by atoms with Crippen molar-refractivity contribution >= 4 is 108 Å². The predicted octanol–water partition coefficient (Wildman–Crippen LogP) is 10.2. The van der Waals surface area contributed by atoms with Crippen molar-refractivity contribution in [2.75, 3.05) is 4.90 Å². The standard InChI is InChI=1S/C36H23NS3/c1-4-19-31-22(10-1)25-13-7-16-28(34(25)38-31)37(29-17-8-14-26-23-11-2-5-20-32(23)39-35(26)29)30-18-9-15-27-24-12-3-6-21-33(24)40-36(27)30/h1-8,10-17,19-21H,9,18H2. The minimum absolute atomic E-state index is 1.02. The Morgan fingerprint density at radius 2 is 0.975 bits per heavy atom. The van der Waals surface area contributed by atoms with Gasteiger partial charge in [0.2, 0.25) is 0 Å². The molecule has 5 aromatic carbocycles. The van der Waals surface area contributed by atoms with E-state index in [-0.39, 0.29) is 0 Å². The Bertz CT molecular complexity index is 2290. The second kappa shape index (κ2) is 8.77. The van der Waals surface area contributed by atoms with Crippen LogP contribution in [0.3, 0.4) is 0 Å². The Morgan fingerprint density at radius 1 is 0.475 bits per heavy atom. The second-order valence-corrected chi connectivity index (χ2v) is 13.5. The van der Waals surface area contributed by atoms with Crippen molar-refractivity contribution in [3.63, 3.8) is 0 Å². The molecule has 1 nitrogen and oxygen atoms in total. The largest absolute Gasteiger partial charge is 0.310 e. The first-order valence-corrected chi connectivity index (χ1v) is 16.1. The van der Waals surface area contributed by atoms with Crippen molar-refractivity contribution < 1.29 is 0 Å². The van der Waals surface area contributed by atoms with Gasteiger partial charge in [-0.25, -0.2) is 0 Å². The van der Waals surface area contributed by atoms with E-state index in [2.05, 4.69) is 120 Å². The van der Waals surface area contributed by atoms with E-state index in [1.54, 1.807) is 0 Å². The van der Waals surface area contributed by atoms with Gasteiger partial charge in [-0.15, -0.1) is 34.0 Å². The summed E-state index contributed by atoms with van der Waals surface area (Å²) in [6.45, 7) is 0. The molecule has 0 amide bonds. The van der Waals surface area contributed by atoms with Gasteiger partial charge in [-0.1, -0.05) is 84.9 Å². The lowest BCUT2D eigenvalue weighted by Crippen LogP contribution is -2.32. The summed E-state index contributed by atoms with van der Waals surface area (Å²) in [6, 6.07) is 40.3. The van der Waals surface area contributed by atoms with Crippen LogP contribution in [0.15, 0.2) is 109 Å². The van der Waals surface area contributed by atoms with Gasteiger partial charge in [0, 0.05) is 46.7 Å². The van der Waals surface area contributed by atoms with Crippen LogP contribution < -0.4 is 14.7 Å². The van der Waals surface area contributed by atoms with E-state index in [1.807, 2.05) is 34.0 Å². The first-order valence-electron chi connectivity index (χ1n) is 13.7. The van der Waals surface area contributed by atoms with Gasteiger partial charge < -0.3 is 4.90 Å². The SMILES string of the molecule is C1=c2c(sc3ccccc23)=C(N(c2cccc3c2sc2ccccc23)c2cccc3c2sc2ccccc23)CC1. The highest BCUT2D eigenvalue weighted by atomic mass is 32.1. The fraction of sp³-hybridized carbons (Fsp3) is 0.0556. The van der Waals surface area contributed by atoms with Crippen LogP contribution in [0, 0.1) is 0 Å². The quantitative estimate of drug-likeness (QED) is 0.206. The van der Waals surface area contributed by atoms with Crippen LogP contribution in [-0.4, -0.2) is 0 Å². The molecule has 3 heterocycles. The Morgan fingerprint density at radius 3 is 1.57 bits per heavy atom. The molecule has 0 radical (unpaired) electrons. The van der Waals surface area contributed by atoms with Gasteiger partial charge in [-0.2, -0.15) is 0 Å². The lowest BCUT2D eigenvalue weighted by Gasteiger charge is -2.29. The number of thiophene rings is 3. The average Bonchev–Trinajstić information content (AvgIpc) is 3.70. The number of fused-ring (bicyclic) bond motifs is 9. The predicted molar refractivity (Wildman–Crippen MR) is 179 cm³/mol. The van der Waals surface area contributed by atoms with Gasteiger partial charge in [0.1, 0.15) is 0 Å². The molecule has 4 heteroatoms. The van der Waals surface area contributed by atoms with Gasteiger partial charge in [-0.05, 0) is 48.4 Å². The van der Waals surface area contributed by atoms with Crippen molar-refractivity contribution in [3.8, 4) is 0 Å². The molecule has 0 bridgehead atoms. The molecule has 40 heavy (non-hydrogen) atoms. The zero-order valence-electron chi connectivity index (χ0n) is 21.6. The summed E-state index contributed by atoms with van der Waals surface area (Å²) in [5.74, 6) is 0. The van der Waals surface area contributed by atoms with Crippen molar-refractivity contribution in [3.05, 3.63) is 119 Å². The summed E-state index contributed by atoms with van der Waals surface area (Å²) in [7, 11) is 0. The number of hydrogen-bond donors (Lipinski definition) is 0. The zero-order valence-corrected chi connectivity index (χ0v) is 24.0. The zero-order chi connectivity index (χ0) is 26.2. The number of hydrogen-bond acceptors (Lipinski definition) is 4. The number of rotatable bonds is 3. The molecule has 0 saturated heterocycles. The highest BCUT2D eigenvalue weighted by molar-refractivity contribution is 7.27. The van der Waals surface area contributed by atoms with Crippen LogP contribution in [-0.2, 0) is 0 Å². The summed E-state index contributed by atoms with van der Waals surface area (Å²) >= 11 is 5.78. The molecule has 0 spiro atoms. The summed E-state index contributed by atoms with van der Waals surface area (Å²) < 4.78 is 8.16. The molecule has 0 fully saturated rings. The van der Waals surface area contributed by atoms with E-state index < -0.39 is 0 Å². The van der Waals surface area contributed by atoms with Gasteiger partial charge in [0.05, 0.1) is 25.3 Å². The van der Waals surface area contributed by atoms with Gasteiger partial charge in [-0.3, -0.25) is 0 Å². The maximum Gasteiger partial charge on any atom is 0.0638 e. The molecule has 1 aliphatic rings. The minimum Gasteiger partial charge on any atom is -0.310 e. The van der Waals surface area contributed by atoms with Crippen molar-refractivity contribution in [2.45, 2.75) is 12.8 Å². The lowest BCUT2D eigenvalue weighted by molar-refractivity contribution is 1.04. The maximum absolute atomic E-state index is 2.62. The molecule has 3 aromatic heterocycles. The molecular formula is C36H23NS3. The Labute approximate surface area is 243 Å². The molecule has 0 N–H and O–H groups in total. The second-order valence-electron chi connectivity index (χ2n) is 10.4. The van der Waals surface area contributed by atoms with Gasteiger partial charge in [0.25, 0.3) is 0 Å². The van der Waals surface area contributed by atoms with E-state index in [9.17, 15) is 0 Å². The summed E-state index contributed by atoms with van der Waals surface area (Å²) in [5, 5.41) is 8.14. The van der Waals surface area contributed by atoms with Crippen LogP contribution >= 0.6 is 34.0 Å². The summed E-state index contributed by atoms with van der Waals surface area (Å²) in [5.41, 5.74) is 3.97. The first-order chi connectivity index (χ1) is 19.8. The van der Waals surface area contributed by atoms with Crippen LogP contribution in [0.2, 0.25) is 0 Å². The monoisotopic (exact) mass is 565 g/mol. The topological polar surface area (TPSA) is 3.24 Å². The minimum atomic E-state index is 1.02. The highest BCUT2D eigenvalue weighted by Crippen LogP contribution is 2.48. The fourth-order valence-electron chi connectivity index (χ4n) is 6.40. The third-order valence-corrected chi connectivity index (χ3v) is 11.8. The third-order valence-electron chi connectivity index (χ3n) is 8.14.